The van der Waals surface area contributed by atoms with Crippen molar-refractivity contribution in [2.45, 2.75) is 13.3 Å². The maximum Gasteiger partial charge on any atom is 0.268 e. The molecule has 7 heteroatoms. The van der Waals surface area contributed by atoms with Gasteiger partial charge in [-0.25, -0.2) is 4.39 Å². The molecule has 0 radical (unpaired) electrons. The molecule has 2 heterocycles. The number of aryl methyl sites for hydroxylation is 1. The molecule has 1 aliphatic heterocycles. The van der Waals surface area contributed by atoms with E-state index in [9.17, 15) is 14.0 Å². The van der Waals surface area contributed by atoms with Gasteiger partial charge in [0.2, 0.25) is 0 Å². The van der Waals surface area contributed by atoms with E-state index in [1.165, 1.54) is 29.5 Å². The summed E-state index contributed by atoms with van der Waals surface area (Å²) in [6.45, 7) is 2.48. The van der Waals surface area contributed by atoms with Gasteiger partial charge in [-0.05, 0) is 66.9 Å². The predicted molar refractivity (Wildman–Crippen MR) is 113 cm³/mol. The Bertz CT molecular complexity index is 1100. The van der Waals surface area contributed by atoms with Crippen LogP contribution >= 0.6 is 27.3 Å². The molecule has 2 amide bonds. The summed E-state index contributed by atoms with van der Waals surface area (Å²) in [6.07, 6.45) is 0.814. The summed E-state index contributed by atoms with van der Waals surface area (Å²) >= 11 is 4.70. The van der Waals surface area contributed by atoms with Gasteiger partial charge in [0.05, 0.1) is 9.88 Å². The molecule has 142 valence electrons. The van der Waals surface area contributed by atoms with Gasteiger partial charge < -0.3 is 10.2 Å². The van der Waals surface area contributed by atoms with Crippen LogP contribution in [0, 0.1) is 12.7 Å². The van der Waals surface area contributed by atoms with Crippen molar-refractivity contribution in [2.75, 3.05) is 16.8 Å². The monoisotopic (exact) mass is 458 g/mol. The van der Waals surface area contributed by atoms with Crippen LogP contribution in [-0.4, -0.2) is 18.4 Å². The molecule has 1 aromatic heterocycles. The number of nitrogens with zero attached hydrogens (tertiary/aromatic N) is 1. The van der Waals surface area contributed by atoms with Gasteiger partial charge in [0.1, 0.15) is 5.82 Å². The van der Waals surface area contributed by atoms with E-state index in [0.29, 0.717) is 16.4 Å². The first kappa shape index (κ1) is 18.8. The summed E-state index contributed by atoms with van der Waals surface area (Å²) in [4.78, 5) is 27.8. The second-order valence-corrected chi connectivity index (χ2v) is 8.53. The Morgan fingerprint density at radius 1 is 1.18 bits per heavy atom. The maximum atomic E-state index is 13.3. The minimum absolute atomic E-state index is 0.0742. The van der Waals surface area contributed by atoms with Crippen molar-refractivity contribution in [3.8, 4) is 0 Å². The zero-order valence-electron chi connectivity index (χ0n) is 15.0. The summed E-state index contributed by atoms with van der Waals surface area (Å²) in [6, 6.07) is 13.2. The summed E-state index contributed by atoms with van der Waals surface area (Å²) in [5.74, 6) is -0.948. The Hall–Kier alpha value is -2.51. The fourth-order valence-corrected chi connectivity index (χ4v) is 4.70. The first-order chi connectivity index (χ1) is 13.4. The van der Waals surface area contributed by atoms with Crippen molar-refractivity contribution in [3.05, 3.63) is 80.4 Å². The smallest absolute Gasteiger partial charge is 0.268 e. The van der Waals surface area contributed by atoms with Gasteiger partial charge in [-0.1, -0.05) is 22.0 Å². The van der Waals surface area contributed by atoms with E-state index in [1.807, 2.05) is 25.1 Å². The third-order valence-corrected chi connectivity index (χ3v) is 6.25. The van der Waals surface area contributed by atoms with Crippen molar-refractivity contribution in [1.82, 2.24) is 0 Å². The molecule has 0 bridgehead atoms. The third-order valence-electron chi connectivity index (χ3n) is 4.62. The van der Waals surface area contributed by atoms with Crippen LogP contribution in [-0.2, 0) is 6.42 Å². The number of hydrogen-bond acceptors (Lipinski definition) is 3. The molecule has 0 atom stereocenters. The van der Waals surface area contributed by atoms with Gasteiger partial charge >= 0.3 is 0 Å². The van der Waals surface area contributed by atoms with E-state index in [0.717, 1.165) is 27.7 Å². The van der Waals surface area contributed by atoms with Crippen LogP contribution in [0.5, 0.6) is 0 Å². The van der Waals surface area contributed by atoms with Crippen molar-refractivity contribution < 1.29 is 14.0 Å². The number of hydrogen-bond donors (Lipinski definition) is 1. The molecule has 4 nitrogen and oxygen atoms in total. The van der Waals surface area contributed by atoms with Crippen LogP contribution in [0.3, 0.4) is 0 Å². The Morgan fingerprint density at radius 3 is 2.79 bits per heavy atom. The molecule has 0 spiro atoms. The number of carbonyl (C=O) groups is 2. The van der Waals surface area contributed by atoms with Crippen molar-refractivity contribution in [3.63, 3.8) is 0 Å². The Balaban J connectivity index is 1.55. The number of anilines is 2. The number of thiophene rings is 1. The van der Waals surface area contributed by atoms with Crippen LogP contribution in [0.25, 0.3) is 0 Å². The number of amides is 2. The van der Waals surface area contributed by atoms with Gasteiger partial charge in [-0.15, -0.1) is 11.3 Å². The molecule has 4 rings (SSSR count). The zero-order chi connectivity index (χ0) is 19.8. The lowest BCUT2D eigenvalue weighted by molar-refractivity contribution is 0.0990. The van der Waals surface area contributed by atoms with Crippen molar-refractivity contribution in [2.24, 2.45) is 0 Å². The number of nitrogens with one attached hydrogen (secondary N) is 1. The lowest BCUT2D eigenvalue weighted by Gasteiger charge is -2.17. The second kappa shape index (κ2) is 7.48. The highest BCUT2D eigenvalue weighted by Crippen LogP contribution is 2.35. The highest BCUT2D eigenvalue weighted by molar-refractivity contribution is 9.10. The molecule has 0 saturated carbocycles. The number of rotatable bonds is 3. The van der Waals surface area contributed by atoms with E-state index < -0.39 is 11.7 Å². The first-order valence-electron chi connectivity index (χ1n) is 8.70. The van der Waals surface area contributed by atoms with E-state index in [-0.39, 0.29) is 11.5 Å². The SMILES string of the molecule is Cc1cc(NC(=O)c2cccc(F)c2)sc1C(=O)N1CCc2cc(Br)ccc21. The molecule has 1 aliphatic rings. The lowest BCUT2D eigenvalue weighted by atomic mass is 10.2. The van der Waals surface area contributed by atoms with Crippen LogP contribution in [0.2, 0.25) is 0 Å². The van der Waals surface area contributed by atoms with Crippen LogP contribution in [0.1, 0.15) is 31.2 Å². The third kappa shape index (κ3) is 3.59. The number of halogens is 2. The molecule has 0 aliphatic carbocycles. The standard InChI is InChI=1S/C21H16BrFN2O2S/c1-12-9-18(24-20(26)14-3-2-4-16(23)11-14)28-19(12)21(27)25-8-7-13-10-15(22)5-6-17(13)25/h2-6,9-11H,7-8H2,1H3,(H,24,26). The largest absolute Gasteiger partial charge is 0.314 e. The second-order valence-electron chi connectivity index (χ2n) is 6.57. The molecular formula is C21H16BrFN2O2S. The molecule has 0 saturated heterocycles. The average molecular weight is 459 g/mol. The van der Waals surface area contributed by atoms with Crippen molar-refractivity contribution >= 4 is 49.8 Å². The van der Waals surface area contributed by atoms with E-state index >= 15 is 0 Å². The highest BCUT2D eigenvalue weighted by Gasteiger charge is 2.28. The minimum Gasteiger partial charge on any atom is -0.314 e. The Morgan fingerprint density at radius 2 is 2.00 bits per heavy atom. The molecular weight excluding hydrogens is 443 g/mol. The van der Waals surface area contributed by atoms with E-state index in [4.69, 9.17) is 0 Å². The maximum absolute atomic E-state index is 13.3. The molecule has 28 heavy (non-hydrogen) atoms. The summed E-state index contributed by atoms with van der Waals surface area (Å²) in [7, 11) is 0. The average Bonchev–Trinajstić information content (AvgIpc) is 3.24. The summed E-state index contributed by atoms with van der Waals surface area (Å²) in [5, 5.41) is 3.32. The number of benzene rings is 2. The molecule has 0 fully saturated rings. The van der Waals surface area contributed by atoms with Gasteiger partial charge in [0.25, 0.3) is 11.8 Å². The fraction of sp³-hybridized carbons (Fsp3) is 0.143. The highest BCUT2D eigenvalue weighted by atomic mass is 79.9. The van der Waals surface area contributed by atoms with Gasteiger partial charge in [-0.2, -0.15) is 0 Å². The van der Waals surface area contributed by atoms with E-state index in [2.05, 4.69) is 21.2 Å². The van der Waals surface area contributed by atoms with Crippen LogP contribution in [0.15, 0.2) is 53.0 Å². The Labute approximate surface area is 174 Å². The normalized spacial score (nSPS) is 12.8. The summed E-state index contributed by atoms with van der Waals surface area (Å²) < 4.78 is 14.3. The van der Waals surface area contributed by atoms with Crippen LogP contribution < -0.4 is 10.2 Å². The van der Waals surface area contributed by atoms with Gasteiger partial charge in [-0.3, -0.25) is 9.59 Å². The molecule has 2 aromatic carbocycles. The molecule has 1 N–H and O–H groups in total. The predicted octanol–water partition coefficient (Wildman–Crippen LogP) is 5.41. The first-order valence-corrected chi connectivity index (χ1v) is 10.3. The quantitative estimate of drug-likeness (QED) is 0.569. The van der Waals surface area contributed by atoms with Gasteiger partial charge in [0.15, 0.2) is 0 Å². The van der Waals surface area contributed by atoms with Crippen LogP contribution in [0.4, 0.5) is 15.1 Å². The van der Waals surface area contributed by atoms with Gasteiger partial charge in [0, 0.05) is 22.3 Å². The molecule has 0 unspecified atom stereocenters. The summed E-state index contributed by atoms with van der Waals surface area (Å²) in [5.41, 5.74) is 3.09. The van der Waals surface area contributed by atoms with Crippen molar-refractivity contribution in [1.29, 1.82) is 0 Å². The minimum atomic E-state index is -0.467. The number of carbonyl (C=O) groups excluding carboxylic acids is 2. The van der Waals surface area contributed by atoms with E-state index in [1.54, 1.807) is 17.0 Å². The fourth-order valence-electron chi connectivity index (χ4n) is 3.27. The number of fused-ring (bicyclic) bond motifs is 1. The zero-order valence-corrected chi connectivity index (χ0v) is 17.4. The Kier molecular flexibility index (Phi) is 5.03. The lowest BCUT2D eigenvalue weighted by Crippen LogP contribution is -2.28. The topological polar surface area (TPSA) is 49.4 Å². The molecule has 3 aromatic rings.